The Bertz CT molecular complexity index is 367. The fraction of sp³-hybridized carbons (Fsp3) is 0.538. The van der Waals surface area contributed by atoms with Gasteiger partial charge in [0, 0.05) is 22.2 Å². The highest BCUT2D eigenvalue weighted by atomic mass is 79.9. The first-order chi connectivity index (χ1) is 7.56. The molecule has 1 fully saturated rings. The Morgan fingerprint density at radius 2 is 1.88 bits per heavy atom. The molecule has 2 nitrogen and oxygen atoms in total. The first-order valence-electron chi connectivity index (χ1n) is 5.85. The molecule has 0 aromatic heterocycles. The van der Waals surface area contributed by atoms with Crippen molar-refractivity contribution in [1.82, 2.24) is 0 Å². The molecule has 1 aromatic carbocycles. The van der Waals surface area contributed by atoms with Crippen LogP contribution in [0.2, 0.25) is 0 Å². The summed E-state index contributed by atoms with van der Waals surface area (Å²) in [5.74, 6) is 0. The average Bonchev–Trinajstić information content (AvgIpc) is 2.58. The summed E-state index contributed by atoms with van der Waals surface area (Å²) in [7, 11) is 0. The molecule has 0 saturated heterocycles. The van der Waals surface area contributed by atoms with E-state index in [4.69, 9.17) is 5.73 Å². The van der Waals surface area contributed by atoms with Gasteiger partial charge in [0.25, 0.3) is 0 Å². The lowest BCUT2D eigenvalue weighted by atomic mass is 10.1. The van der Waals surface area contributed by atoms with Crippen LogP contribution >= 0.6 is 15.9 Å². The number of nitrogens with one attached hydrogen (secondary N) is 1. The van der Waals surface area contributed by atoms with Crippen molar-refractivity contribution in [3.05, 3.63) is 27.7 Å². The highest BCUT2D eigenvalue weighted by molar-refractivity contribution is 9.10. The topological polar surface area (TPSA) is 38.0 Å². The van der Waals surface area contributed by atoms with E-state index < -0.39 is 0 Å². The summed E-state index contributed by atoms with van der Waals surface area (Å²) in [5.41, 5.74) is 9.81. The van der Waals surface area contributed by atoms with Gasteiger partial charge < -0.3 is 11.1 Å². The third kappa shape index (κ3) is 2.58. The predicted octanol–water partition coefficient (Wildman–Crippen LogP) is 3.36. The van der Waals surface area contributed by atoms with E-state index in [1.54, 1.807) is 0 Å². The van der Waals surface area contributed by atoms with Crippen LogP contribution in [0.15, 0.2) is 16.6 Å². The minimum atomic E-state index is 0.383. The summed E-state index contributed by atoms with van der Waals surface area (Å²) in [6, 6.07) is 5.25. The number of hydrogen-bond acceptors (Lipinski definition) is 2. The Hall–Kier alpha value is -0.540. The molecule has 0 aliphatic heterocycles. The molecule has 0 spiro atoms. The minimum absolute atomic E-state index is 0.383. The van der Waals surface area contributed by atoms with Crippen molar-refractivity contribution < 1.29 is 0 Å². The zero-order valence-corrected chi connectivity index (χ0v) is 11.5. The van der Waals surface area contributed by atoms with E-state index >= 15 is 0 Å². The Balaban J connectivity index is 2.15. The minimum Gasteiger partial charge on any atom is -0.382 e. The van der Waals surface area contributed by atoms with Crippen LogP contribution in [-0.4, -0.2) is 12.1 Å². The fourth-order valence-corrected chi connectivity index (χ4v) is 3.18. The summed E-state index contributed by atoms with van der Waals surface area (Å²) in [6.45, 7) is 4.30. The lowest BCUT2D eigenvalue weighted by Gasteiger charge is -2.18. The van der Waals surface area contributed by atoms with Crippen LogP contribution < -0.4 is 11.1 Å². The van der Waals surface area contributed by atoms with Gasteiger partial charge in [-0.25, -0.2) is 0 Å². The van der Waals surface area contributed by atoms with Crippen LogP contribution in [0.4, 0.5) is 5.69 Å². The Labute approximate surface area is 106 Å². The third-order valence-electron chi connectivity index (χ3n) is 3.32. The second-order valence-electron chi connectivity index (χ2n) is 4.83. The van der Waals surface area contributed by atoms with Gasteiger partial charge >= 0.3 is 0 Å². The Kier molecular flexibility index (Phi) is 3.55. The van der Waals surface area contributed by atoms with Gasteiger partial charge in [0.15, 0.2) is 0 Å². The molecule has 88 valence electrons. The lowest BCUT2D eigenvalue weighted by molar-refractivity contribution is 0.687. The molecular weight excluding hydrogens is 264 g/mol. The molecule has 2 unspecified atom stereocenters. The van der Waals surface area contributed by atoms with Gasteiger partial charge in [-0.05, 0) is 56.4 Å². The number of aryl methyl sites for hydroxylation is 2. The van der Waals surface area contributed by atoms with Crippen LogP contribution in [0.25, 0.3) is 0 Å². The number of halogens is 1. The largest absolute Gasteiger partial charge is 0.382 e. The summed E-state index contributed by atoms with van der Waals surface area (Å²) < 4.78 is 1.15. The molecule has 0 radical (unpaired) electrons. The zero-order chi connectivity index (χ0) is 11.7. The second kappa shape index (κ2) is 4.76. The Morgan fingerprint density at radius 1 is 1.25 bits per heavy atom. The summed E-state index contributed by atoms with van der Waals surface area (Å²) in [5, 5.41) is 3.63. The molecule has 0 heterocycles. The van der Waals surface area contributed by atoms with E-state index in [0.717, 1.165) is 17.3 Å². The van der Waals surface area contributed by atoms with Crippen molar-refractivity contribution in [2.45, 2.75) is 45.2 Å². The molecule has 1 aliphatic carbocycles. The van der Waals surface area contributed by atoms with Crippen molar-refractivity contribution in [1.29, 1.82) is 0 Å². The fourth-order valence-electron chi connectivity index (χ4n) is 2.49. The summed E-state index contributed by atoms with van der Waals surface area (Å²) >= 11 is 3.52. The van der Waals surface area contributed by atoms with Crippen molar-refractivity contribution in [3.63, 3.8) is 0 Å². The number of anilines is 1. The van der Waals surface area contributed by atoms with Crippen LogP contribution in [0.3, 0.4) is 0 Å². The molecule has 0 amide bonds. The highest BCUT2D eigenvalue weighted by Crippen LogP contribution is 2.28. The van der Waals surface area contributed by atoms with E-state index in [2.05, 4.69) is 47.2 Å². The van der Waals surface area contributed by atoms with E-state index in [-0.39, 0.29) is 0 Å². The Morgan fingerprint density at radius 3 is 2.38 bits per heavy atom. The van der Waals surface area contributed by atoms with Crippen LogP contribution in [0.5, 0.6) is 0 Å². The van der Waals surface area contributed by atoms with Gasteiger partial charge in [0.1, 0.15) is 0 Å². The molecule has 3 N–H and O–H groups in total. The van der Waals surface area contributed by atoms with Crippen molar-refractivity contribution in [3.8, 4) is 0 Å². The predicted molar refractivity (Wildman–Crippen MR) is 72.9 cm³/mol. The first kappa shape index (κ1) is 11.9. The first-order valence-corrected chi connectivity index (χ1v) is 6.64. The summed E-state index contributed by atoms with van der Waals surface area (Å²) in [6.07, 6.45) is 3.43. The molecule has 3 heteroatoms. The molecule has 2 atom stereocenters. The monoisotopic (exact) mass is 282 g/mol. The standard InChI is InChI=1S/C13H19BrN2/c1-8-5-10(14)6-9(2)13(8)16-12-4-3-11(15)7-12/h5-6,11-12,16H,3-4,7,15H2,1-2H3. The van der Waals surface area contributed by atoms with Gasteiger partial charge in [0.05, 0.1) is 0 Å². The lowest BCUT2D eigenvalue weighted by Crippen LogP contribution is -2.21. The summed E-state index contributed by atoms with van der Waals surface area (Å²) in [4.78, 5) is 0. The highest BCUT2D eigenvalue weighted by Gasteiger charge is 2.22. The van der Waals surface area contributed by atoms with E-state index in [9.17, 15) is 0 Å². The number of benzene rings is 1. The van der Waals surface area contributed by atoms with Gasteiger partial charge in [-0.2, -0.15) is 0 Å². The maximum absolute atomic E-state index is 5.93. The molecule has 1 aromatic rings. The zero-order valence-electron chi connectivity index (χ0n) is 9.89. The van der Waals surface area contributed by atoms with E-state index in [1.165, 1.54) is 23.2 Å². The van der Waals surface area contributed by atoms with Crippen molar-refractivity contribution >= 4 is 21.6 Å². The van der Waals surface area contributed by atoms with Gasteiger partial charge in [0.2, 0.25) is 0 Å². The molecule has 1 aliphatic rings. The molecular formula is C13H19BrN2. The maximum Gasteiger partial charge on any atom is 0.0402 e. The normalized spacial score (nSPS) is 24.8. The van der Waals surface area contributed by atoms with Gasteiger partial charge in [-0.3, -0.25) is 0 Å². The molecule has 1 saturated carbocycles. The molecule has 16 heavy (non-hydrogen) atoms. The van der Waals surface area contributed by atoms with Crippen molar-refractivity contribution in [2.24, 2.45) is 5.73 Å². The van der Waals surface area contributed by atoms with E-state index in [0.29, 0.717) is 12.1 Å². The van der Waals surface area contributed by atoms with Crippen LogP contribution in [0, 0.1) is 13.8 Å². The van der Waals surface area contributed by atoms with Crippen LogP contribution in [-0.2, 0) is 0 Å². The van der Waals surface area contributed by atoms with Gasteiger partial charge in [-0.15, -0.1) is 0 Å². The van der Waals surface area contributed by atoms with Crippen molar-refractivity contribution in [2.75, 3.05) is 5.32 Å². The molecule has 2 rings (SSSR count). The molecule has 0 bridgehead atoms. The second-order valence-corrected chi connectivity index (χ2v) is 5.74. The van der Waals surface area contributed by atoms with Crippen LogP contribution in [0.1, 0.15) is 30.4 Å². The number of rotatable bonds is 2. The third-order valence-corrected chi connectivity index (χ3v) is 3.78. The number of nitrogens with two attached hydrogens (primary N) is 1. The quantitative estimate of drug-likeness (QED) is 0.873. The van der Waals surface area contributed by atoms with E-state index in [1.807, 2.05) is 0 Å². The van der Waals surface area contributed by atoms with Gasteiger partial charge in [-0.1, -0.05) is 15.9 Å². The maximum atomic E-state index is 5.93. The number of hydrogen-bond donors (Lipinski definition) is 2. The SMILES string of the molecule is Cc1cc(Br)cc(C)c1NC1CCC(N)C1. The smallest absolute Gasteiger partial charge is 0.0402 e. The average molecular weight is 283 g/mol.